The normalized spacial score (nSPS) is 11.5. The van der Waals surface area contributed by atoms with Gasteiger partial charge in [-0.1, -0.05) is 36.4 Å². The number of carbonyl (C=O) groups excluding carboxylic acids is 4. The molecule has 278 valence electrons. The molecule has 14 heteroatoms. The van der Waals surface area contributed by atoms with Crippen LogP contribution in [0.3, 0.4) is 0 Å². The molecule has 4 aromatic rings. The molecule has 0 aliphatic heterocycles. The zero-order valence-electron chi connectivity index (χ0n) is 29.8. The third kappa shape index (κ3) is 11.3. The molecule has 3 N–H and O–H groups in total. The molecule has 0 heterocycles. The minimum absolute atomic E-state index is 0.174. The highest BCUT2D eigenvalue weighted by Crippen LogP contribution is 2.31. The summed E-state index contributed by atoms with van der Waals surface area (Å²) in [6.45, 7) is 5.02. The van der Waals surface area contributed by atoms with Crippen molar-refractivity contribution >= 4 is 46.8 Å². The third-order valence-corrected chi connectivity index (χ3v) is 7.73. The van der Waals surface area contributed by atoms with E-state index in [1.54, 1.807) is 75.4 Å². The Morgan fingerprint density at radius 2 is 1.53 bits per heavy atom. The molecule has 4 aromatic carbocycles. The molecule has 0 aliphatic carbocycles. The van der Waals surface area contributed by atoms with Crippen molar-refractivity contribution in [3.8, 4) is 16.9 Å². The Morgan fingerprint density at radius 3 is 2.21 bits per heavy atom. The van der Waals surface area contributed by atoms with Crippen molar-refractivity contribution in [3.63, 3.8) is 0 Å². The average Bonchev–Trinajstić information content (AvgIpc) is 3.10. The number of hydrogen-bond donors (Lipinski definition) is 3. The number of rotatable bonds is 13. The Hall–Kier alpha value is -6.31. The van der Waals surface area contributed by atoms with E-state index < -0.39 is 72.6 Å². The Balaban J connectivity index is 1.47. The van der Waals surface area contributed by atoms with Crippen LogP contribution in [0.5, 0.6) is 5.75 Å². The molecule has 53 heavy (non-hydrogen) atoms. The summed E-state index contributed by atoms with van der Waals surface area (Å²) in [5.41, 5.74) is 1.17. The van der Waals surface area contributed by atoms with Crippen LogP contribution in [0, 0.1) is 11.6 Å². The quantitative estimate of drug-likeness (QED) is 0.134. The summed E-state index contributed by atoms with van der Waals surface area (Å²) in [6.07, 6.45) is 0. The largest absolute Gasteiger partial charge is 0.484 e. The number of carboxylic acids is 1. The van der Waals surface area contributed by atoms with Gasteiger partial charge >= 0.3 is 18.0 Å². The van der Waals surface area contributed by atoms with E-state index in [0.29, 0.717) is 22.5 Å². The van der Waals surface area contributed by atoms with E-state index in [2.05, 4.69) is 10.6 Å². The van der Waals surface area contributed by atoms with Crippen LogP contribution >= 0.6 is 0 Å². The summed E-state index contributed by atoms with van der Waals surface area (Å²) in [5.74, 6) is -5.10. The summed E-state index contributed by atoms with van der Waals surface area (Å²) in [6, 6.07) is 21.3. The van der Waals surface area contributed by atoms with Gasteiger partial charge in [-0.05, 0) is 81.3 Å². The number of benzene rings is 4. The van der Waals surface area contributed by atoms with Crippen molar-refractivity contribution in [3.05, 3.63) is 108 Å². The smallest absolute Gasteiger partial charge is 0.326 e. The third-order valence-electron chi connectivity index (χ3n) is 7.73. The van der Waals surface area contributed by atoms with Gasteiger partial charge in [-0.2, -0.15) is 0 Å². The second-order valence-electron chi connectivity index (χ2n) is 13.0. The van der Waals surface area contributed by atoms with Gasteiger partial charge in [0.25, 0.3) is 5.91 Å². The summed E-state index contributed by atoms with van der Waals surface area (Å²) < 4.78 is 39.2. The van der Waals surface area contributed by atoms with Gasteiger partial charge in [-0.15, -0.1) is 0 Å². The minimum Gasteiger partial charge on any atom is -0.484 e. The van der Waals surface area contributed by atoms with Gasteiger partial charge in [0.1, 0.15) is 29.5 Å². The topological polar surface area (TPSA) is 155 Å². The Labute approximate surface area is 305 Å². The molecule has 0 saturated carbocycles. The fourth-order valence-corrected chi connectivity index (χ4v) is 5.12. The number of hydrogen-bond acceptors (Lipinski definition) is 7. The molecule has 0 saturated heterocycles. The number of carboxylic acid groups (broad SMARTS) is 1. The maximum absolute atomic E-state index is 14.0. The molecular formula is C39H40F2N4O8. The van der Waals surface area contributed by atoms with E-state index in [1.165, 1.54) is 37.1 Å². The van der Waals surface area contributed by atoms with Gasteiger partial charge in [0, 0.05) is 36.1 Å². The molecule has 0 fully saturated rings. The average molecular weight is 731 g/mol. The lowest BCUT2D eigenvalue weighted by Gasteiger charge is -2.26. The summed E-state index contributed by atoms with van der Waals surface area (Å²) in [7, 11) is 1.49. The summed E-state index contributed by atoms with van der Waals surface area (Å²) >= 11 is 0. The van der Waals surface area contributed by atoms with Crippen LogP contribution in [0.25, 0.3) is 11.1 Å². The van der Waals surface area contributed by atoms with Crippen molar-refractivity contribution in [1.82, 2.24) is 5.32 Å². The van der Waals surface area contributed by atoms with Gasteiger partial charge in [-0.3, -0.25) is 24.1 Å². The van der Waals surface area contributed by atoms with Crippen LogP contribution in [-0.4, -0.2) is 67.2 Å². The van der Waals surface area contributed by atoms with Crippen molar-refractivity contribution in [1.29, 1.82) is 0 Å². The van der Waals surface area contributed by atoms with Gasteiger partial charge in [0.15, 0.2) is 6.61 Å². The highest BCUT2D eigenvalue weighted by atomic mass is 19.1. The van der Waals surface area contributed by atoms with Crippen LogP contribution in [0.1, 0.15) is 39.2 Å². The zero-order valence-corrected chi connectivity index (χ0v) is 29.8. The van der Waals surface area contributed by atoms with Crippen molar-refractivity contribution in [2.45, 2.75) is 39.2 Å². The highest BCUT2D eigenvalue weighted by Gasteiger charge is 2.25. The predicted octanol–water partition coefficient (Wildman–Crippen LogP) is 6.36. The Kier molecular flexibility index (Phi) is 12.9. The van der Waals surface area contributed by atoms with E-state index in [9.17, 15) is 37.9 Å². The first kappa shape index (κ1) is 39.5. The number of urea groups is 1. The van der Waals surface area contributed by atoms with Gasteiger partial charge in [0.2, 0.25) is 5.91 Å². The number of para-hydroxylation sites is 1. The number of nitrogens with one attached hydrogen (secondary N) is 2. The molecule has 0 bridgehead atoms. The van der Waals surface area contributed by atoms with Crippen LogP contribution in [0.2, 0.25) is 0 Å². The van der Waals surface area contributed by atoms with E-state index >= 15 is 0 Å². The minimum atomic E-state index is -1.03. The molecule has 0 aliphatic rings. The monoisotopic (exact) mass is 730 g/mol. The summed E-state index contributed by atoms with van der Waals surface area (Å²) in [5, 5.41) is 14.3. The highest BCUT2D eigenvalue weighted by molar-refractivity contribution is 6.01. The molecule has 4 amide bonds. The number of halogens is 2. The SMILES string of the molecule is CC(C(=O)O)c1cccc(NC(=O)NCC(=O)N(CC(=O)OC(C)(C)C)c2cccc(OCC(=O)N(C)c3ccccc3-c3cc(F)cc(F)c3)c2)c1. The Bertz CT molecular complexity index is 1980. The number of anilines is 3. The van der Waals surface area contributed by atoms with Gasteiger partial charge < -0.3 is 30.1 Å². The second-order valence-corrected chi connectivity index (χ2v) is 13.0. The van der Waals surface area contributed by atoms with E-state index in [1.807, 2.05) is 0 Å². The molecule has 0 radical (unpaired) electrons. The first-order valence-electron chi connectivity index (χ1n) is 16.5. The lowest BCUT2D eigenvalue weighted by atomic mass is 10.0. The molecule has 12 nitrogen and oxygen atoms in total. The Morgan fingerprint density at radius 1 is 0.849 bits per heavy atom. The summed E-state index contributed by atoms with van der Waals surface area (Å²) in [4.78, 5) is 66.1. The van der Waals surface area contributed by atoms with Crippen LogP contribution in [0.4, 0.5) is 30.6 Å². The molecular weight excluding hydrogens is 690 g/mol. The van der Waals surface area contributed by atoms with E-state index in [0.717, 1.165) is 23.1 Å². The maximum Gasteiger partial charge on any atom is 0.326 e. The van der Waals surface area contributed by atoms with Crippen LogP contribution < -0.4 is 25.2 Å². The number of nitrogens with zero attached hydrogens (tertiary/aromatic N) is 2. The fraction of sp³-hybridized carbons (Fsp3) is 0.256. The standard InChI is InChI=1S/C39H40F2N4O8/c1-24(37(49)50)25-10-8-11-29(18-25)43-38(51)42-21-34(46)45(22-36(48)53-39(2,3)4)30-12-9-13-31(20-30)52-23-35(47)44(5)33-15-7-6-14-32(33)26-16-27(40)19-28(41)17-26/h6-20,24H,21-23H2,1-5H3,(H,49,50)(H2,42,43,51). The van der Waals surface area contributed by atoms with Crippen LogP contribution in [-0.2, 0) is 23.9 Å². The lowest BCUT2D eigenvalue weighted by molar-refractivity contribution is -0.153. The lowest BCUT2D eigenvalue weighted by Crippen LogP contribution is -2.45. The first-order valence-corrected chi connectivity index (χ1v) is 16.5. The predicted molar refractivity (Wildman–Crippen MR) is 195 cm³/mol. The molecule has 1 unspecified atom stereocenters. The number of ether oxygens (including phenoxy) is 2. The van der Waals surface area contributed by atoms with Crippen molar-refractivity contribution in [2.24, 2.45) is 0 Å². The van der Waals surface area contributed by atoms with Crippen molar-refractivity contribution < 1.29 is 47.3 Å². The number of amides is 4. The fourth-order valence-electron chi connectivity index (χ4n) is 5.12. The van der Waals surface area contributed by atoms with Gasteiger partial charge in [-0.25, -0.2) is 13.6 Å². The first-order chi connectivity index (χ1) is 25.0. The van der Waals surface area contributed by atoms with Gasteiger partial charge in [0.05, 0.1) is 18.2 Å². The number of likely N-dealkylation sites (N-methyl/N-ethyl adjacent to an activating group) is 1. The molecule has 4 rings (SSSR count). The van der Waals surface area contributed by atoms with E-state index in [-0.39, 0.29) is 17.0 Å². The number of esters is 1. The number of carbonyl (C=O) groups is 5. The second kappa shape index (κ2) is 17.3. The molecule has 1 atom stereocenters. The zero-order chi connectivity index (χ0) is 38.9. The molecule has 0 aromatic heterocycles. The molecule has 0 spiro atoms. The van der Waals surface area contributed by atoms with E-state index in [4.69, 9.17) is 9.47 Å². The maximum atomic E-state index is 14.0. The number of aliphatic carboxylic acids is 1. The van der Waals surface area contributed by atoms with Crippen molar-refractivity contribution in [2.75, 3.05) is 41.9 Å². The van der Waals surface area contributed by atoms with Crippen LogP contribution in [0.15, 0.2) is 91.0 Å².